The van der Waals surface area contributed by atoms with Crippen LogP contribution < -0.4 is 5.73 Å². The van der Waals surface area contributed by atoms with Crippen molar-refractivity contribution in [3.05, 3.63) is 0 Å². The molecule has 0 atom stereocenters. The predicted molar refractivity (Wildman–Crippen MR) is 210 cm³/mol. The van der Waals surface area contributed by atoms with E-state index in [1.165, 1.54) is 231 Å². The molecule has 0 aliphatic rings. The Morgan fingerprint density at radius 2 is 0.617 bits per heavy atom. The van der Waals surface area contributed by atoms with Crippen LogP contribution in [0.5, 0.6) is 0 Å². The van der Waals surface area contributed by atoms with E-state index < -0.39 is 0 Å². The van der Waals surface area contributed by atoms with Crippen molar-refractivity contribution in [3.8, 4) is 0 Å². The van der Waals surface area contributed by atoms with Crippen LogP contribution in [-0.4, -0.2) is 19.1 Å². The molecule has 0 saturated carbocycles. The third-order valence-electron chi connectivity index (χ3n) is 11.0. The fourth-order valence-electron chi connectivity index (χ4n) is 7.74. The quantitative estimate of drug-likeness (QED) is 0.0524. The van der Waals surface area contributed by atoms with E-state index >= 15 is 0 Å². The number of carbonyl (C=O) groups is 1. The first kappa shape index (κ1) is 46.4. The first-order chi connectivity index (χ1) is 23.1. The van der Waals surface area contributed by atoms with E-state index in [4.69, 9.17) is 10.5 Å². The monoisotopic (exact) mass is 664 g/mol. The first-order valence-electron chi connectivity index (χ1n) is 22.0. The van der Waals surface area contributed by atoms with Crippen LogP contribution in [0.4, 0.5) is 0 Å². The molecule has 282 valence electrons. The molecule has 0 aliphatic heterocycles. The fourth-order valence-corrected chi connectivity index (χ4v) is 7.74. The largest absolute Gasteiger partial charge is 0.465 e. The zero-order valence-electron chi connectivity index (χ0n) is 33.0. The molecule has 0 rings (SSSR count). The van der Waals surface area contributed by atoms with E-state index in [9.17, 15) is 4.79 Å². The summed E-state index contributed by atoms with van der Waals surface area (Å²) in [5.41, 5.74) is 5.96. The highest BCUT2D eigenvalue weighted by Gasteiger charge is 2.28. The van der Waals surface area contributed by atoms with Gasteiger partial charge < -0.3 is 10.5 Å². The van der Waals surface area contributed by atoms with Crippen LogP contribution in [0.1, 0.15) is 258 Å². The van der Waals surface area contributed by atoms with Crippen molar-refractivity contribution in [3.63, 3.8) is 0 Å². The van der Waals surface area contributed by atoms with E-state index in [-0.39, 0.29) is 12.5 Å². The highest BCUT2D eigenvalue weighted by Crippen LogP contribution is 2.42. The Bertz CT molecular complexity index is 546. The van der Waals surface area contributed by atoms with Gasteiger partial charge in [0.15, 0.2) is 0 Å². The van der Waals surface area contributed by atoms with Crippen LogP contribution in [-0.2, 0) is 9.53 Å². The Morgan fingerprint density at radius 3 is 0.872 bits per heavy atom. The van der Waals surface area contributed by atoms with Gasteiger partial charge in [-0.1, -0.05) is 226 Å². The Morgan fingerprint density at radius 1 is 0.383 bits per heavy atom. The smallest absolute Gasteiger partial charge is 0.319 e. The van der Waals surface area contributed by atoms with Gasteiger partial charge in [0.1, 0.15) is 0 Å². The molecule has 0 fully saturated rings. The Hall–Kier alpha value is -0.570. The number of esters is 1. The molecule has 0 saturated heterocycles. The van der Waals surface area contributed by atoms with Gasteiger partial charge in [0.25, 0.3) is 0 Å². The number of hydrogen-bond donors (Lipinski definition) is 1. The minimum absolute atomic E-state index is 0.000315. The average molecular weight is 664 g/mol. The van der Waals surface area contributed by atoms with Crippen LogP contribution in [0.2, 0.25) is 0 Å². The Labute approximate surface area is 297 Å². The van der Waals surface area contributed by atoms with Crippen molar-refractivity contribution in [2.24, 2.45) is 11.1 Å². The van der Waals surface area contributed by atoms with Crippen molar-refractivity contribution >= 4 is 5.97 Å². The molecule has 3 heteroatoms. The zero-order chi connectivity index (χ0) is 34.4. The minimum Gasteiger partial charge on any atom is -0.465 e. The normalized spacial score (nSPS) is 11.8. The second kappa shape index (κ2) is 38.2. The van der Waals surface area contributed by atoms with Gasteiger partial charge in [-0.25, -0.2) is 0 Å². The van der Waals surface area contributed by atoms with E-state index in [0.717, 1.165) is 6.42 Å². The molecular weight excluding hydrogens is 574 g/mol. The molecular formula is C44H89NO2. The summed E-state index contributed by atoms with van der Waals surface area (Å²) < 4.78 is 5.28. The highest BCUT2D eigenvalue weighted by atomic mass is 16.5. The van der Waals surface area contributed by atoms with Gasteiger partial charge in [-0.05, 0) is 37.5 Å². The van der Waals surface area contributed by atoms with Crippen LogP contribution in [0.15, 0.2) is 0 Å². The first-order valence-corrected chi connectivity index (χ1v) is 22.0. The van der Waals surface area contributed by atoms with Crippen LogP contribution >= 0.6 is 0 Å². The molecule has 0 spiro atoms. The molecule has 0 heterocycles. The maximum absolute atomic E-state index is 11.5. The number of ether oxygens (including phenoxy) is 1. The highest BCUT2D eigenvalue weighted by molar-refractivity contribution is 5.71. The van der Waals surface area contributed by atoms with Crippen LogP contribution in [0.3, 0.4) is 0 Å². The van der Waals surface area contributed by atoms with Crippen LogP contribution in [0, 0.1) is 5.41 Å². The second-order valence-electron chi connectivity index (χ2n) is 15.5. The van der Waals surface area contributed by atoms with Gasteiger partial charge in [-0.2, -0.15) is 0 Å². The summed E-state index contributed by atoms with van der Waals surface area (Å²) in [5.74, 6) is -0.262. The van der Waals surface area contributed by atoms with Gasteiger partial charge >= 0.3 is 5.97 Å². The van der Waals surface area contributed by atoms with Crippen molar-refractivity contribution < 1.29 is 9.53 Å². The SMILES string of the molecule is CCCCCCCCCCCCC(CCCCCCCCCCCC)(CCCCCCCCCCCC)CCCCCOC(=O)CN. The van der Waals surface area contributed by atoms with E-state index in [1.807, 2.05) is 0 Å². The van der Waals surface area contributed by atoms with Gasteiger partial charge in [0.05, 0.1) is 13.2 Å². The molecule has 0 unspecified atom stereocenters. The van der Waals surface area contributed by atoms with Gasteiger partial charge in [-0.3, -0.25) is 4.79 Å². The molecule has 2 N–H and O–H groups in total. The molecule has 0 aromatic heterocycles. The molecule has 0 aromatic rings. The van der Waals surface area contributed by atoms with Gasteiger partial charge in [-0.15, -0.1) is 0 Å². The van der Waals surface area contributed by atoms with Crippen molar-refractivity contribution in [1.29, 1.82) is 0 Å². The zero-order valence-corrected chi connectivity index (χ0v) is 33.0. The molecule has 47 heavy (non-hydrogen) atoms. The molecule has 3 nitrogen and oxygen atoms in total. The van der Waals surface area contributed by atoms with E-state index in [1.54, 1.807) is 0 Å². The number of unbranched alkanes of at least 4 members (excludes halogenated alkanes) is 29. The Balaban J connectivity index is 4.88. The van der Waals surface area contributed by atoms with Crippen molar-refractivity contribution in [1.82, 2.24) is 0 Å². The number of hydrogen-bond acceptors (Lipinski definition) is 3. The molecule has 0 aliphatic carbocycles. The van der Waals surface area contributed by atoms with Crippen LogP contribution in [0.25, 0.3) is 0 Å². The van der Waals surface area contributed by atoms with Crippen molar-refractivity contribution in [2.75, 3.05) is 13.2 Å². The summed E-state index contributed by atoms with van der Waals surface area (Å²) in [7, 11) is 0. The minimum atomic E-state index is -0.262. The number of rotatable bonds is 40. The summed E-state index contributed by atoms with van der Waals surface area (Å²) in [4.78, 5) is 11.5. The summed E-state index contributed by atoms with van der Waals surface area (Å²) in [5, 5.41) is 0. The third kappa shape index (κ3) is 33.7. The summed E-state index contributed by atoms with van der Waals surface area (Å²) in [6.07, 6.45) is 52.0. The lowest BCUT2D eigenvalue weighted by atomic mass is 9.70. The van der Waals surface area contributed by atoms with Gasteiger partial charge in [0.2, 0.25) is 0 Å². The lowest BCUT2D eigenvalue weighted by Crippen LogP contribution is -2.22. The molecule has 0 radical (unpaired) electrons. The maximum Gasteiger partial charge on any atom is 0.319 e. The lowest BCUT2D eigenvalue weighted by Gasteiger charge is -2.35. The molecule has 0 amide bonds. The average Bonchev–Trinajstić information content (AvgIpc) is 3.08. The van der Waals surface area contributed by atoms with Crippen molar-refractivity contribution in [2.45, 2.75) is 258 Å². The lowest BCUT2D eigenvalue weighted by molar-refractivity contribution is -0.142. The third-order valence-corrected chi connectivity index (χ3v) is 11.0. The molecule has 0 aromatic carbocycles. The topological polar surface area (TPSA) is 52.3 Å². The summed E-state index contributed by atoms with van der Waals surface area (Å²) >= 11 is 0. The molecule has 0 bridgehead atoms. The number of carbonyl (C=O) groups excluding carboxylic acids is 1. The number of nitrogens with two attached hydrogens (primary N) is 1. The second-order valence-corrected chi connectivity index (χ2v) is 15.5. The van der Waals surface area contributed by atoms with E-state index in [2.05, 4.69) is 20.8 Å². The Kier molecular flexibility index (Phi) is 37.8. The summed E-state index contributed by atoms with van der Waals surface area (Å²) in [6.45, 7) is 7.48. The predicted octanol–water partition coefficient (Wildman–Crippen LogP) is 15.0. The fraction of sp³-hybridized carbons (Fsp3) is 0.977. The standard InChI is InChI=1S/C44H89NO2/c1-4-7-10-13-16-19-22-25-28-32-37-44(40-35-31-36-41-47-43(46)42-45,38-33-29-26-23-20-17-14-11-8-5-2)39-34-30-27-24-21-18-15-12-9-6-3/h4-42,45H2,1-3H3. The van der Waals surface area contributed by atoms with Gasteiger partial charge in [0, 0.05) is 0 Å². The summed E-state index contributed by atoms with van der Waals surface area (Å²) in [6, 6.07) is 0. The maximum atomic E-state index is 11.5. The van der Waals surface area contributed by atoms with E-state index in [0.29, 0.717) is 12.0 Å².